The van der Waals surface area contributed by atoms with Gasteiger partial charge in [-0.15, -0.1) is 0 Å². The normalized spacial score (nSPS) is 14.7. The van der Waals surface area contributed by atoms with Crippen molar-refractivity contribution in [3.63, 3.8) is 0 Å². The lowest BCUT2D eigenvalue weighted by Crippen LogP contribution is -1.96. The quantitative estimate of drug-likeness (QED) is 0.179. The fourth-order valence-corrected chi connectivity index (χ4v) is 7.67. The molecule has 0 aliphatic heterocycles. The monoisotopic (exact) mass is 659 g/mol. The number of benzene rings is 8. The number of nitrogens with zero attached hydrogens (tertiary/aromatic N) is 3. The molecule has 3 heterocycles. The highest BCUT2D eigenvalue weighted by Gasteiger charge is 2.18. The molecule has 238 valence electrons. The molecular formula is C48H31N3. The van der Waals surface area contributed by atoms with Crippen molar-refractivity contribution < 1.29 is 13.7 Å². The van der Waals surface area contributed by atoms with Crippen molar-refractivity contribution in [3.05, 3.63) is 188 Å². The molecule has 51 heavy (non-hydrogen) atoms. The maximum Gasteiger partial charge on any atom is 0.0645 e. The van der Waals surface area contributed by atoms with E-state index in [0.29, 0.717) is 22.8 Å². The van der Waals surface area contributed by atoms with Gasteiger partial charge in [-0.1, -0.05) is 109 Å². The fourth-order valence-electron chi connectivity index (χ4n) is 7.67. The first-order valence-corrected chi connectivity index (χ1v) is 16.7. The van der Waals surface area contributed by atoms with Crippen LogP contribution in [0.15, 0.2) is 188 Å². The molecule has 11 rings (SSSR count). The molecule has 3 heteroatoms. The van der Waals surface area contributed by atoms with Crippen molar-refractivity contribution in [1.82, 2.24) is 13.7 Å². The van der Waals surface area contributed by atoms with Crippen LogP contribution in [-0.2, 0) is 0 Å². The third kappa shape index (κ3) is 4.12. The number of rotatable bonds is 4. The van der Waals surface area contributed by atoms with Gasteiger partial charge in [0.2, 0.25) is 0 Å². The molecule has 0 saturated heterocycles. The average Bonchev–Trinajstić information content (AvgIpc) is 3.93. The maximum absolute atomic E-state index is 9.59. The van der Waals surface area contributed by atoms with E-state index in [1.807, 2.05) is 108 Å². The summed E-state index contributed by atoms with van der Waals surface area (Å²) in [5.74, 6) is 0. The van der Waals surface area contributed by atoms with Crippen molar-refractivity contribution >= 4 is 65.4 Å². The topological polar surface area (TPSA) is 14.8 Å². The molecule has 3 nitrogen and oxygen atoms in total. The van der Waals surface area contributed by atoms with E-state index in [0.717, 1.165) is 55.1 Å². The molecule has 0 bridgehead atoms. The van der Waals surface area contributed by atoms with E-state index in [-0.39, 0.29) is 39.9 Å². The van der Waals surface area contributed by atoms with Gasteiger partial charge >= 0.3 is 0 Å². The van der Waals surface area contributed by atoms with Crippen LogP contribution in [0.1, 0.15) is 13.7 Å². The van der Waals surface area contributed by atoms with E-state index in [4.69, 9.17) is 11.0 Å². The van der Waals surface area contributed by atoms with Gasteiger partial charge in [-0.3, -0.25) is 0 Å². The molecule has 0 saturated carbocycles. The third-order valence-corrected chi connectivity index (χ3v) is 9.89. The van der Waals surface area contributed by atoms with E-state index >= 15 is 0 Å². The second-order valence-electron chi connectivity index (χ2n) is 12.6. The molecule has 3 aromatic heterocycles. The van der Waals surface area contributed by atoms with Crippen molar-refractivity contribution in [2.45, 2.75) is 0 Å². The van der Waals surface area contributed by atoms with Crippen LogP contribution in [0, 0.1) is 0 Å². The summed E-state index contributed by atoms with van der Waals surface area (Å²) in [6, 6.07) is 38.1. The van der Waals surface area contributed by atoms with Crippen molar-refractivity contribution in [2.75, 3.05) is 0 Å². The average molecular weight is 660 g/mol. The van der Waals surface area contributed by atoms with Crippen LogP contribution in [0.2, 0.25) is 0 Å². The molecule has 0 aliphatic carbocycles. The van der Waals surface area contributed by atoms with Crippen molar-refractivity contribution in [3.8, 4) is 28.2 Å². The van der Waals surface area contributed by atoms with Gasteiger partial charge in [-0.25, -0.2) is 0 Å². The highest BCUT2D eigenvalue weighted by Crippen LogP contribution is 2.40. The van der Waals surface area contributed by atoms with Gasteiger partial charge in [0.1, 0.15) is 0 Å². The fraction of sp³-hybridized carbons (Fsp3) is 0. The molecule has 0 unspecified atom stereocenters. The summed E-state index contributed by atoms with van der Waals surface area (Å²) in [4.78, 5) is 0. The third-order valence-electron chi connectivity index (χ3n) is 9.89. The van der Waals surface area contributed by atoms with Crippen molar-refractivity contribution in [2.24, 2.45) is 0 Å². The van der Waals surface area contributed by atoms with Crippen LogP contribution in [0.5, 0.6) is 0 Å². The molecular weight excluding hydrogens is 619 g/mol. The van der Waals surface area contributed by atoms with Crippen LogP contribution in [0.3, 0.4) is 0 Å². The lowest BCUT2D eigenvalue weighted by Gasteiger charge is -2.11. The van der Waals surface area contributed by atoms with Gasteiger partial charge in [-0.05, 0) is 89.9 Å². The van der Waals surface area contributed by atoms with E-state index in [9.17, 15) is 2.74 Å². The second-order valence-corrected chi connectivity index (χ2v) is 12.6. The predicted molar refractivity (Wildman–Crippen MR) is 215 cm³/mol. The maximum atomic E-state index is 9.59. The Kier molecular flexibility index (Phi) is 4.24. The molecule has 0 amide bonds. The molecule has 0 spiro atoms. The van der Waals surface area contributed by atoms with Crippen LogP contribution >= 0.6 is 0 Å². The second kappa shape index (κ2) is 10.8. The summed E-state index contributed by atoms with van der Waals surface area (Å²) in [5.41, 5.74) is 6.83. The lowest BCUT2D eigenvalue weighted by molar-refractivity contribution is 1.15. The van der Waals surface area contributed by atoms with Gasteiger partial charge in [0, 0.05) is 49.4 Å². The lowest BCUT2D eigenvalue weighted by atomic mass is 10.0. The Labute approximate surface area is 308 Å². The van der Waals surface area contributed by atoms with Gasteiger partial charge < -0.3 is 13.7 Å². The van der Waals surface area contributed by atoms with E-state index < -0.39 is 36.3 Å². The zero-order valence-corrected chi connectivity index (χ0v) is 27.0. The van der Waals surface area contributed by atoms with Gasteiger partial charge in [-0.2, -0.15) is 0 Å². The summed E-state index contributed by atoms with van der Waals surface area (Å²) in [5, 5.41) is 3.51. The number of hydrogen-bond donors (Lipinski definition) is 0. The number of aromatic nitrogens is 3. The number of para-hydroxylation sites is 5. The zero-order chi connectivity index (χ0) is 42.2. The first-order chi connectivity index (χ1) is 29.5. The minimum absolute atomic E-state index is 0.00686. The minimum atomic E-state index is -0.499. The van der Waals surface area contributed by atoms with Gasteiger partial charge in [0.25, 0.3) is 0 Å². The Balaban J connectivity index is 1.21. The van der Waals surface area contributed by atoms with Crippen LogP contribution in [-0.4, -0.2) is 13.7 Å². The first-order valence-electron chi connectivity index (χ1n) is 21.7. The highest BCUT2D eigenvalue weighted by molar-refractivity contribution is 6.14. The highest BCUT2D eigenvalue weighted by atomic mass is 15.0. The summed E-state index contributed by atoms with van der Waals surface area (Å²) in [6.45, 7) is 0. The van der Waals surface area contributed by atoms with Crippen LogP contribution < -0.4 is 0 Å². The van der Waals surface area contributed by atoms with E-state index in [1.54, 1.807) is 6.07 Å². The summed E-state index contributed by atoms with van der Waals surface area (Å²) in [7, 11) is 0. The zero-order valence-electron chi connectivity index (χ0n) is 37.0. The number of hydrogen-bond acceptors (Lipinski definition) is 0. The molecule has 0 atom stereocenters. The molecule has 11 aromatic rings. The standard InChI is InChI=1S/C48H31N3/c1-3-13-34(14-4-1)49-45-22-12-9-19-39(45)41-29-32(23-27-46(41)49)33-24-28-47-42(30-33)40-26-25-36(31-48(40)50(47)35-15-5-2-6-16-35)51-43-20-10-7-17-37(43)38-18-8-11-21-44(38)51/h1-31H/i7D,8D,10D,11D,17D,18D,20D,21D,27D,28D. The minimum Gasteiger partial charge on any atom is -0.309 e. The molecule has 8 aromatic carbocycles. The Morgan fingerprint density at radius 3 is 1.37 bits per heavy atom. The largest absolute Gasteiger partial charge is 0.309 e. The number of fused-ring (bicyclic) bond motifs is 9. The first kappa shape index (κ1) is 20.0. The summed E-state index contributed by atoms with van der Waals surface area (Å²) >= 11 is 0. The molecule has 0 fully saturated rings. The molecule has 0 aliphatic rings. The smallest absolute Gasteiger partial charge is 0.0645 e. The predicted octanol–water partition coefficient (Wildman–Crippen LogP) is 12.6. The van der Waals surface area contributed by atoms with Crippen LogP contribution in [0.4, 0.5) is 0 Å². The van der Waals surface area contributed by atoms with E-state index in [2.05, 4.69) is 22.8 Å². The Bertz CT molecular complexity index is 3620. The van der Waals surface area contributed by atoms with Crippen molar-refractivity contribution in [1.29, 1.82) is 0 Å². The Morgan fingerprint density at radius 1 is 0.294 bits per heavy atom. The summed E-state index contributed by atoms with van der Waals surface area (Å²) in [6.07, 6.45) is 0. The molecule has 0 N–H and O–H groups in total. The van der Waals surface area contributed by atoms with Crippen LogP contribution in [0.25, 0.3) is 93.6 Å². The SMILES string of the molecule is [2H]c1c([2H])c([2H])c2c(c1[2H])c1c([2H])c([2H])c([2H])c([2H])c1n2-c1ccc2c3cc(-c4cc([2H])c5c(c4)c4ccccc4n5-c4ccccc4)cc([2H])c3n(-c3ccccc3)c2c1. The molecule has 0 radical (unpaired) electrons. The van der Waals surface area contributed by atoms with E-state index in [1.165, 1.54) is 4.57 Å². The summed E-state index contributed by atoms with van der Waals surface area (Å²) < 4.78 is 94.5. The Morgan fingerprint density at radius 2 is 0.765 bits per heavy atom. The van der Waals surface area contributed by atoms with Gasteiger partial charge in [0.15, 0.2) is 0 Å². The Hall–Kier alpha value is -6.84. The van der Waals surface area contributed by atoms with Gasteiger partial charge in [0.05, 0.1) is 46.8 Å².